The zero-order valence-electron chi connectivity index (χ0n) is 12.6. The number of methoxy groups -OCH3 is 1. The molecule has 0 spiro atoms. The van der Waals surface area contributed by atoms with E-state index in [-0.39, 0.29) is 29.1 Å². The van der Waals surface area contributed by atoms with E-state index >= 15 is 0 Å². The SMILES string of the molecule is COCc1c([N+](=O)[O-])c(C=Cc2ccc(Br)cc2)[nH]c(=O)c1C#N. The van der Waals surface area contributed by atoms with Crippen LogP contribution in [0.1, 0.15) is 22.4 Å². The predicted octanol–water partition coefficient (Wildman–Crippen LogP) is 3.23. The number of ether oxygens (including phenoxy) is 1. The Kier molecular flexibility index (Phi) is 5.63. The lowest BCUT2D eigenvalue weighted by molar-refractivity contribution is -0.386. The summed E-state index contributed by atoms with van der Waals surface area (Å²) in [6.07, 6.45) is 3.07. The zero-order chi connectivity index (χ0) is 17.7. The van der Waals surface area contributed by atoms with E-state index in [1.165, 1.54) is 13.2 Å². The minimum atomic E-state index is -0.689. The molecule has 0 unspecified atom stereocenters. The number of nitriles is 1. The zero-order valence-corrected chi connectivity index (χ0v) is 14.2. The molecule has 0 bridgehead atoms. The van der Waals surface area contributed by atoms with Gasteiger partial charge < -0.3 is 9.72 Å². The summed E-state index contributed by atoms with van der Waals surface area (Å²) in [5.41, 5.74) is -0.578. The number of nitro groups is 1. The van der Waals surface area contributed by atoms with E-state index in [0.717, 1.165) is 10.0 Å². The molecule has 0 amide bonds. The Balaban J connectivity index is 2.61. The van der Waals surface area contributed by atoms with Crippen molar-refractivity contribution in [3.63, 3.8) is 0 Å². The molecule has 0 aliphatic carbocycles. The van der Waals surface area contributed by atoms with E-state index in [0.29, 0.717) is 0 Å². The van der Waals surface area contributed by atoms with Crippen LogP contribution < -0.4 is 5.56 Å². The smallest absolute Gasteiger partial charge is 0.299 e. The lowest BCUT2D eigenvalue weighted by Crippen LogP contribution is -2.18. The first-order valence-corrected chi connectivity index (χ1v) is 7.53. The minimum absolute atomic E-state index is 0.0129. The number of nitrogens with one attached hydrogen (secondary N) is 1. The van der Waals surface area contributed by atoms with Crippen molar-refractivity contribution < 1.29 is 9.66 Å². The van der Waals surface area contributed by atoms with Gasteiger partial charge in [-0.1, -0.05) is 34.1 Å². The summed E-state index contributed by atoms with van der Waals surface area (Å²) in [7, 11) is 1.34. The summed E-state index contributed by atoms with van der Waals surface area (Å²) in [5, 5.41) is 20.5. The van der Waals surface area contributed by atoms with Gasteiger partial charge in [0.1, 0.15) is 17.3 Å². The number of nitrogens with zero attached hydrogens (tertiary/aromatic N) is 2. The summed E-state index contributed by atoms with van der Waals surface area (Å²) in [5.74, 6) is 0. The molecule has 0 aliphatic rings. The molecular weight excluding hydrogens is 378 g/mol. The molecule has 0 aliphatic heterocycles. The van der Waals surface area contributed by atoms with Crippen LogP contribution in [0.5, 0.6) is 0 Å². The van der Waals surface area contributed by atoms with Crippen molar-refractivity contribution in [2.24, 2.45) is 0 Å². The molecule has 0 radical (unpaired) electrons. The summed E-state index contributed by atoms with van der Waals surface area (Å²) in [4.78, 5) is 25.2. The van der Waals surface area contributed by atoms with Crippen molar-refractivity contribution >= 4 is 33.8 Å². The number of pyridine rings is 1. The number of hydrogen-bond acceptors (Lipinski definition) is 5. The van der Waals surface area contributed by atoms with E-state index in [1.807, 2.05) is 24.3 Å². The monoisotopic (exact) mass is 389 g/mol. The quantitative estimate of drug-likeness (QED) is 0.623. The lowest BCUT2D eigenvalue weighted by atomic mass is 10.1. The first-order chi connectivity index (χ1) is 11.5. The number of halogens is 1. The van der Waals surface area contributed by atoms with E-state index in [9.17, 15) is 14.9 Å². The Hall–Kier alpha value is -2.76. The molecule has 0 atom stereocenters. The maximum Gasteiger partial charge on any atom is 0.299 e. The fourth-order valence-electron chi connectivity index (χ4n) is 2.15. The normalized spacial score (nSPS) is 10.7. The van der Waals surface area contributed by atoms with Gasteiger partial charge in [-0.2, -0.15) is 5.26 Å². The first-order valence-electron chi connectivity index (χ1n) is 6.74. The Morgan fingerprint density at radius 1 is 1.38 bits per heavy atom. The van der Waals surface area contributed by atoms with Crippen LogP contribution in [0.4, 0.5) is 5.69 Å². The van der Waals surface area contributed by atoms with Gasteiger partial charge in [0.25, 0.3) is 11.2 Å². The van der Waals surface area contributed by atoms with Crippen LogP contribution in [-0.4, -0.2) is 17.0 Å². The summed E-state index contributed by atoms with van der Waals surface area (Å²) in [6, 6.07) is 8.96. The molecule has 2 rings (SSSR count). The van der Waals surface area contributed by atoms with Crippen molar-refractivity contribution in [3.05, 3.63) is 71.6 Å². The second-order valence-electron chi connectivity index (χ2n) is 4.76. The Labute approximate surface area is 145 Å². The molecular formula is C16H12BrN3O4. The molecule has 0 saturated heterocycles. The van der Waals surface area contributed by atoms with Gasteiger partial charge in [-0.25, -0.2) is 0 Å². The highest BCUT2D eigenvalue weighted by Crippen LogP contribution is 2.26. The van der Waals surface area contributed by atoms with Crippen molar-refractivity contribution in [2.45, 2.75) is 6.61 Å². The minimum Gasteiger partial charge on any atom is -0.380 e. The van der Waals surface area contributed by atoms with Gasteiger partial charge in [-0.15, -0.1) is 0 Å². The highest BCUT2D eigenvalue weighted by molar-refractivity contribution is 9.10. The highest BCUT2D eigenvalue weighted by atomic mass is 79.9. The molecule has 8 heteroatoms. The van der Waals surface area contributed by atoms with Crippen LogP contribution >= 0.6 is 15.9 Å². The van der Waals surface area contributed by atoms with Crippen molar-refractivity contribution in [3.8, 4) is 6.07 Å². The van der Waals surface area contributed by atoms with Crippen molar-refractivity contribution in [1.82, 2.24) is 4.98 Å². The van der Waals surface area contributed by atoms with Gasteiger partial charge in [-0.05, 0) is 23.8 Å². The maximum atomic E-state index is 12.0. The maximum absolute atomic E-state index is 12.0. The number of H-pyrrole nitrogens is 1. The first kappa shape index (κ1) is 17.6. The molecule has 24 heavy (non-hydrogen) atoms. The highest BCUT2D eigenvalue weighted by Gasteiger charge is 2.25. The molecule has 1 aromatic heterocycles. The van der Waals surface area contributed by atoms with Gasteiger partial charge in [0.15, 0.2) is 0 Å². The fraction of sp³-hybridized carbons (Fsp3) is 0.125. The molecule has 0 saturated carbocycles. The van der Waals surface area contributed by atoms with Crippen molar-refractivity contribution in [2.75, 3.05) is 7.11 Å². The third-order valence-corrected chi connectivity index (χ3v) is 3.74. The number of aromatic amines is 1. The van der Waals surface area contributed by atoms with Crippen LogP contribution in [0.25, 0.3) is 12.2 Å². The standard InChI is InChI=1S/C16H12BrN3O4/c1-24-9-13-12(8-18)16(21)19-14(15(13)20(22)23)7-4-10-2-5-11(17)6-3-10/h2-7H,9H2,1H3,(H,19,21). The third kappa shape index (κ3) is 3.76. The summed E-state index contributed by atoms with van der Waals surface area (Å²) < 4.78 is 5.81. The lowest BCUT2D eigenvalue weighted by Gasteiger charge is -2.06. The topological polar surface area (TPSA) is 109 Å². The van der Waals surface area contributed by atoms with Crippen LogP contribution in [0.3, 0.4) is 0 Å². The average Bonchev–Trinajstić information content (AvgIpc) is 2.54. The number of hydrogen-bond donors (Lipinski definition) is 1. The molecule has 7 nitrogen and oxygen atoms in total. The van der Waals surface area contributed by atoms with E-state index in [1.54, 1.807) is 12.1 Å². The number of aromatic nitrogens is 1. The summed E-state index contributed by atoms with van der Waals surface area (Å²) in [6.45, 7) is -0.206. The Morgan fingerprint density at radius 2 is 2.04 bits per heavy atom. The fourth-order valence-corrected chi connectivity index (χ4v) is 2.41. The van der Waals surface area contributed by atoms with Crippen molar-refractivity contribution in [1.29, 1.82) is 5.26 Å². The summed E-state index contributed by atoms with van der Waals surface area (Å²) >= 11 is 3.32. The van der Waals surface area contributed by atoms with Crippen LogP contribution in [0.15, 0.2) is 33.5 Å². The second kappa shape index (κ2) is 7.68. The number of benzene rings is 1. The van der Waals surface area contributed by atoms with Gasteiger partial charge in [0, 0.05) is 11.6 Å². The molecule has 1 aromatic carbocycles. The van der Waals surface area contributed by atoms with Crippen LogP contribution in [0.2, 0.25) is 0 Å². The molecule has 2 aromatic rings. The van der Waals surface area contributed by atoms with Gasteiger partial charge in [0.05, 0.1) is 17.1 Å². The van der Waals surface area contributed by atoms with Gasteiger partial charge in [0.2, 0.25) is 0 Å². The van der Waals surface area contributed by atoms with Crippen LogP contribution in [-0.2, 0) is 11.3 Å². The molecule has 1 heterocycles. The molecule has 0 fully saturated rings. The van der Waals surface area contributed by atoms with Gasteiger partial charge >= 0.3 is 0 Å². The Morgan fingerprint density at radius 3 is 2.58 bits per heavy atom. The largest absolute Gasteiger partial charge is 0.380 e. The molecule has 122 valence electrons. The Bertz CT molecular complexity index is 895. The molecule has 1 N–H and O–H groups in total. The number of rotatable bonds is 5. The predicted molar refractivity (Wildman–Crippen MR) is 92.2 cm³/mol. The van der Waals surface area contributed by atoms with E-state index in [2.05, 4.69) is 20.9 Å². The van der Waals surface area contributed by atoms with Crippen LogP contribution in [0, 0.1) is 21.4 Å². The average molecular weight is 390 g/mol. The third-order valence-electron chi connectivity index (χ3n) is 3.21. The van der Waals surface area contributed by atoms with E-state index < -0.39 is 10.5 Å². The van der Waals surface area contributed by atoms with E-state index in [4.69, 9.17) is 10.00 Å². The van der Waals surface area contributed by atoms with Gasteiger partial charge in [-0.3, -0.25) is 14.9 Å². The second-order valence-corrected chi connectivity index (χ2v) is 5.67.